The minimum absolute atomic E-state index is 1.06. The summed E-state index contributed by atoms with van der Waals surface area (Å²) < 4.78 is 1.23. The van der Waals surface area contributed by atoms with Crippen LogP contribution in [0.2, 0.25) is 39.3 Å². The summed E-state index contributed by atoms with van der Waals surface area (Å²) in [6.45, 7) is 13.1. The standard InChI is InChI=1S/C10H13NSi.C5H4IN.C5H10Si/c1-12(2,3)9-6-10-4-7-11-8-5-10;6-5-1-3-7-4-2-5;1-5-6(2,3)4/h4-5,7-8H,1-3H3;1-4H;1H,2-4H3. The van der Waals surface area contributed by atoms with E-state index in [1.165, 1.54) is 3.57 Å². The maximum absolute atomic E-state index is 5.12. The first-order chi connectivity index (χ1) is 11.5. The molecule has 0 N–H and O–H groups in total. The average molecular weight is 479 g/mol. The second-order valence-corrected chi connectivity index (χ2v) is 18.1. The smallest absolute Gasteiger partial charge is 0.129 e. The van der Waals surface area contributed by atoms with Gasteiger partial charge in [-0.2, -0.15) is 0 Å². The van der Waals surface area contributed by atoms with Gasteiger partial charge >= 0.3 is 0 Å². The minimum Gasteiger partial charge on any atom is -0.265 e. The Labute approximate surface area is 169 Å². The molecule has 2 rings (SSSR count). The number of hydrogen-bond acceptors (Lipinski definition) is 2. The first kappa shape index (κ1) is 23.6. The molecule has 2 nitrogen and oxygen atoms in total. The Bertz CT molecular complexity index is 701. The predicted octanol–water partition coefficient (Wildman–Crippen LogP) is 5.49. The summed E-state index contributed by atoms with van der Waals surface area (Å²) in [5.41, 5.74) is 7.10. The van der Waals surface area contributed by atoms with E-state index in [-0.39, 0.29) is 0 Å². The van der Waals surface area contributed by atoms with Crippen molar-refractivity contribution in [2.75, 3.05) is 0 Å². The zero-order valence-corrected chi connectivity index (χ0v) is 20.1. The molecule has 0 fully saturated rings. The van der Waals surface area contributed by atoms with Crippen molar-refractivity contribution >= 4 is 38.7 Å². The van der Waals surface area contributed by atoms with Crippen LogP contribution in [-0.2, 0) is 0 Å². The summed E-state index contributed by atoms with van der Waals surface area (Å²) in [5.74, 6) is 3.16. The molecule has 0 saturated heterocycles. The molecule has 0 bridgehead atoms. The van der Waals surface area contributed by atoms with Crippen molar-refractivity contribution in [1.29, 1.82) is 0 Å². The fourth-order valence-corrected chi connectivity index (χ4v) is 1.87. The van der Waals surface area contributed by atoms with Gasteiger partial charge in [-0.15, -0.1) is 17.5 Å². The van der Waals surface area contributed by atoms with Crippen molar-refractivity contribution in [2.24, 2.45) is 0 Å². The van der Waals surface area contributed by atoms with E-state index >= 15 is 0 Å². The minimum atomic E-state index is -1.22. The van der Waals surface area contributed by atoms with Crippen molar-refractivity contribution < 1.29 is 0 Å². The summed E-state index contributed by atoms with van der Waals surface area (Å²) in [6.07, 6.45) is 12.2. The average Bonchev–Trinajstić information content (AvgIpc) is 2.55. The van der Waals surface area contributed by atoms with Crippen molar-refractivity contribution in [3.63, 3.8) is 0 Å². The lowest BCUT2D eigenvalue weighted by Crippen LogP contribution is -2.16. The number of terminal acetylenes is 1. The Hall–Kier alpha value is -1.42. The van der Waals surface area contributed by atoms with Crippen LogP contribution in [0.25, 0.3) is 0 Å². The van der Waals surface area contributed by atoms with Crippen molar-refractivity contribution in [3.8, 4) is 23.4 Å². The zero-order chi connectivity index (χ0) is 19.3. The Morgan fingerprint density at radius 3 is 1.48 bits per heavy atom. The molecule has 0 atom stereocenters. The normalized spacial score (nSPS) is 9.84. The van der Waals surface area contributed by atoms with E-state index in [0.717, 1.165) is 5.56 Å². The first-order valence-electron chi connectivity index (χ1n) is 8.00. The zero-order valence-electron chi connectivity index (χ0n) is 16.0. The highest BCUT2D eigenvalue weighted by molar-refractivity contribution is 14.1. The number of rotatable bonds is 0. The fraction of sp³-hybridized carbons (Fsp3) is 0.300. The van der Waals surface area contributed by atoms with Crippen LogP contribution in [0.1, 0.15) is 5.56 Å². The van der Waals surface area contributed by atoms with E-state index in [1.54, 1.807) is 24.8 Å². The van der Waals surface area contributed by atoms with Gasteiger partial charge in [0.05, 0.1) is 0 Å². The van der Waals surface area contributed by atoms with Crippen LogP contribution in [0.5, 0.6) is 0 Å². The molecule has 0 radical (unpaired) electrons. The molecular weight excluding hydrogens is 451 g/mol. The van der Waals surface area contributed by atoms with E-state index in [4.69, 9.17) is 6.42 Å². The molecule has 0 amide bonds. The van der Waals surface area contributed by atoms with Gasteiger partial charge in [0.25, 0.3) is 0 Å². The number of aromatic nitrogens is 2. The van der Waals surface area contributed by atoms with Crippen LogP contribution in [0.15, 0.2) is 49.1 Å². The number of pyridine rings is 2. The maximum Gasteiger partial charge on any atom is 0.129 e. The summed E-state index contributed by atoms with van der Waals surface area (Å²) >= 11 is 2.24. The molecule has 0 unspecified atom stereocenters. The molecule has 5 heteroatoms. The van der Waals surface area contributed by atoms with Gasteiger partial charge in [-0.25, -0.2) is 0 Å². The highest BCUT2D eigenvalue weighted by Gasteiger charge is 2.07. The maximum atomic E-state index is 5.12. The van der Waals surface area contributed by atoms with Gasteiger partial charge in [-0.3, -0.25) is 9.97 Å². The summed E-state index contributed by atoms with van der Waals surface area (Å²) in [6, 6.07) is 7.79. The second kappa shape index (κ2) is 12.0. The summed E-state index contributed by atoms with van der Waals surface area (Å²) in [4.78, 5) is 7.77. The highest BCUT2D eigenvalue weighted by atomic mass is 127. The molecule has 0 saturated carbocycles. The molecule has 2 heterocycles. The van der Waals surface area contributed by atoms with Gasteiger partial charge in [-0.1, -0.05) is 45.2 Å². The Morgan fingerprint density at radius 2 is 1.20 bits per heavy atom. The Morgan fingerprint density at radius 1 is 0.800 bits per heavy atom. The van der Waals surface area contributed by atoms with Crippen LogP contribution in [0, 0.1) is 27.0 Å². The lowest BCUT2D eigenvalue weighted by atomic mass is 10.3. The van der Waals surface area contributed by atoms with Crippen molar-refractivity contribution in [3.05, 3.63) is 58.2 Å². The Balaban J connectivity index is 0.000000378. The Kier molecular flexibility index (Phi) is 11.3. The van der Waals surface area contributed by atoms with E-state index < -0.39 is 16.1 Å². The van der Waals surface area contributed by atoms with E-state index in [2.05, 4.69) is 88.8 Å². The van der Waals surface area contributed by atoms with Gasteiger partial charge in [0.1, 0.15) is 16.1 Å². The van der Waals surface area contributed by atoms with Crippen molar-refractivity contribution in [1.82, 2.24) is 9.97 Å². The quantitative estimate of drug-likeness (QED) is 0.284. The van der Waals surface area contributed by atoms with Crippen LogP contribution in [-0.4, -0.2) is 26.1 Å². The van der Waals surface area contributed by atoms with Gasteiger partial charge in [0, 0.05) is 33.9 Å². The molecule has 2 aromatic heterocycles. The number of nitrogens with zero attached hydrogens (tertiary/aromatic N) is 2. The monoisotopic (exact) mass is 478 g/mol. The lowest BCUT2D eigenvalue weighted by Gasteiger charge is -2.02. The largest absolute Gasteiger partial charge is 0.265 e. The fourth-order valence-electron chi connectivity index (χ4n) is 1.03. The van der Waals surface area contributed by atoms with E-state index in [0.29, 0.717) is 0 Å². The third-order valence-electron chi connectivity index (χ3n) is 2.33. The predicted molar refractivity (Wildman–Crippen MR) is 124 cm³/mol. The van der Waals surface area contributed by atoms with Gasteiger partial charge in [0.15, 0.2) is 0 Å². The summed E-state index contributed by atoms with van der Waals surface area (Å²) in [5, 5.41) is 0. The van der Waals surface area contributed by atoms with Crippen LogP contribution in [0.4, 0.5) is 0 Å². The molecule has 2 aromatic rings. The SMILES string of the molecule is C#C[Si](C)(C)C.C[Si](C)(C)C#Cc1ccncc1.Ic1ccncc1. The highest BCUT2D eigenvalue weighted by Crippen LogP contribution is 1.99. The number of hydrogen-bond donors (Lipinski definition) is 0. The van der Waals surface area contributed by atoms with E-state index in [9.17, 15) is 0 Å². The second-order valence-electron chi connectivity index (χ2n) is 7.30. The van der Waals surface area contributed by atoms with Gasteiger partial charge < -0.3 is 0 Å². The third kappa shape index (κ3) is 17.2. The number of halogens is 1. The van der Waals surface area contributed by atoms with E-state index in [1.807, 2.05) is 24.3 Å². The molecule has 0 aliphatic carbocycles. The van der Waals surface area contributed by atoms with Crippen LogP contribution >= 0.6 is 22.6 Å². The summed E-state index contributed by atoms with van der Waals surface area (Å²) in [7, 11) is -2.32. The molecule has 25 heavy (non-hydrogen) atoms. The molecule has 132 valence electrons. The molecule has 0 aromatic carbocycles. The van der Waals surface area contributed by atoms with Gasteiger partial charge in [-0.05, 0) is 46.9 Å². The third-order valence-corrected chi connectivity index (χ3v) is 4.80. The topological polar surface area (TPSA) is 25.8 Å². The van der Waals surface area contributed by atoms with Crippen molar-refractivity contribution in [2.45, 2.75) is 39.3 Å². The molecule has 0 aliphatic heterocycles. The van der Waals surface area contributed by atoms with Crippen LogP contribution in [0.3, 0.4) is 0 Å². The molecule has 0 aliphatic rings. The van der Waals surface area contributed by atoms with Crippen LogP contribution < -0.4 is 0 Å². The molecular formula is C20H27IN2Si2. The first-order valence-corrected chi connectivity index (χ1v) is 16.1. The lowest BCUT2D eigenvalue weighted by molar-refractivity contribution is 1.32. The molecule has 0 spiro atoms. The van der Waals surface area contributed by atoms with Gasteiger partial charge in [0.2, 0.25) is 0 Å².